The number of hydrogen-bond donors (Lipinski definition) is 0. The van der Waals surface area contributed by atoms with Crippen molar-refractivity contribution in [2.24, 2.45) is 0 Å². The van der Waals surface area contributed by atoms with Crippen molar-refractivity contribution >= 4 is 16.3 Å². The van der Waals surface area contributed by atoms with Crippen molar-refractivity contribution in [1.29, 1.82) is 0 Å². The van der Waals surface area contributed by atoms with E-state index in [1.807, 2.05) is 12.1 Å². The zero-order valence-electron chi connectivity index (χ0n) is 11.8. The van der Waals surface area contributed by atoms with Crippen LogP contribution in [0.1, 0.15) is 0 Å². The Bertz CT molecular complexity index is 1040. The number of benzene rings is 1. The lowest BCUT2D eigenvalue weighted by Gasteiger charge is -2.05. The first-order valence-electron chi connectivity index (χ1n) is 6.91. The Morgan fingerprint density at radius 2 is 1.65 bits per heavy atom. The van der Waals surface area contributed by atoms with Crippen LogP contribution in [0.4, 0.5) is 4.39 Å². The molecular formula is C17H10FN3OS. The van der Waals surface area contributed by atoms with Gasteiger partial charge in [-0.05, 0) is 42.0 Å². The second-order valence-electron chi connectivity index (χ2n) is 4.92. The molecule has 4 aromatic rings. The predicted octanol–water partition coefficient (Wildman–Crippen LogP) is 3.62. The molecule has 0 spiro atoms. The average molecular weight is 323 g/mol. The minimum absolute atomic E-state index is 0.161. The molecule has 0 bridgehead atoms. The monoisotopic (exact) mass is 323 g/mol. The molecule has 112 valence electrons. The van der Waals surface area contributed by atoms with Gasteiger partial charge >= 0.3 is 0 Å². The molecule has 3 heterocycles. The SMILES string of the molecule is O=c1ccnc2sc(-c3ccncc3)c(-c3ccc(F)cc3)n12. The van der Waals surface area contributed by atoms with Crippen molar-refractivity contribution < 1.29 is 4.39 Å². The van der Waals surface area contributed by atoms with Crippen LogP contribution < -0.4 is 5.56 Å². The first-order chi connectivity index (χ1) is 11.2. The van der Waals surface area contributed by atoms with Crippen LogP contribution in [0, 0.1) is 5.82 Å². The molecule has 6 heteroatoms. The quantitative estimate of drug-likeness (QED) is 0.566. The van der Waals surface area contributed by atoms with E-state index < -0.39 is 0 Å². The molecule has 0 atom stereocenters. The number of pyridine rings is 1. The van der Waals surface area contributed by atoms with Gasteiger partial charge in [0.1, 0.15) is 5.82 Å². The zero-order chi connectivity index (χ0) is 15.8. The Balaban J connectivity index is 2.11. The number of nitrogens with zero attached hydrogens (tertiary/aromatic N) is 3. The van der Waals surface area contributed by atoms with Crippen LogP contribution in [0.5, 0.6) is 0 Å². The molecule has 4 nitrogen and oxygen atoms in total. The van der Waals surface area contributed by atoms with Crippen molar-refractivity contribution in [3.63, 3.8) is 0 Å². The van der Waals surface area contributed by atoms with Crippen LogP contribution in [-0.4, -0.2) is 14.4 Å². The van der Waals surface area contributed by atoms with E-state index in [4.69, 9.17) is 0 Å². The molecule has 0 fully saturated rings. The highest BCUT2D eigenvalue weighted by atomic mass is 32.1. The third-order valence-electron chi connectivity index (χ3n) is 3.51. The van der Waals surface area contributed by atoms with Gasteiger partial charge in [0.15, 0.2) is 4.96 Å². The molecule has 3 aromatic heterocycles. The molecular weight excluding hydrogens is 313 g/mol. The van der Waals surface area contributed by atoms with E-state index in [1.165, 1.54) is 35.7 Å². The number of aromatic nitrogens is 3. The van der Waals surface area contributed by atoms with Gasteiger partial charge in [-0.15, -0.1) is 0 Å². The lowest BCUT2D eigenvalue weighted by molar-refractivity contribution is 0.628. The first kappa shape index (κ1) is 13.8. The summed E-state index contributed by atoms with van der Waals surface area (Å²) < 4.78 is 14.8. The van der Waals surface area contributed by atoms with Crippen LogP contribution >= 0.6 is 11.3 Å². The fourth-order valence-corrected chi connectivity index (χ4v) is 3.61. The van der Waals surface area contributed by atoms with Gasteiger partial charge in [0, 0.05) is 30.2 Å². The largest absolute Gasteiger partial charge is 0.269 e. The van der Waals surface area contributed by atoms with Gasteiger partial charge in [0.25, 0.3) is 5.56 Å². The van der Waals surface area contributed by atoms with E-state index in [-0.39, 0.29) is 11.4 Å². The summed E-state index contributed by atoms with van der Waals surface area (Å²) in [4.78, 5) is 22.1. The fraction of sp³-hybridized carbons (Fsp3) is 0. The third kappa shape index (κ3) is 2.33. The molecule has 0 saturated carbocycles. The maximum absolute atomic E-state index is 13.3. The molecule has 1 aromatic carbocycles. The van der Waals surface area contributed by atoms with Crippen molar-refractivity contribution in [3.8, 4) is 21.7 Å². The Labute approximate surface area is 134 Å². The van der Waals surface area contributed by atoms with E-state index in [1.54, 1.807) is 28.9 Å². The van der Waals surface area contributed by atoms with Gasteiger partial charge in [0.05, 0.1) is 10.6 Å². The summed E-state index contributed by atoms with van der Waals surface area (Å²) in [5.41, 5.74) is 2.26. The highest BCUT2D eigenvalue weighted by molar-refractivity contribution is 7.20. The Morgan fingerprint density at radius 1 is 0.913 bits per heavy atom. The normalized spacial score (nSPS) is 11.0. The van der Waals surface area contributed by atoms with Gasteiger partial charge in [-0.2, -0.15) is 0 Å². The van der Waals surface area contributed by atoms with Gasteiger partial charge in [-0.1, -0.05) is 11.3 Å². The number of halogens is 1. The molecule has 0 aliphatic carbocycles. The lowest BCUT2D eigenvalue weighted by atomic mass is 10.1. The van der Waals surface area contributed by atoms with Crippen LogP contribution in [0.15, 0.2) is 65.8 Å². The molecule has 4 rings (SSSR count). The zero-order valence-corrected chi connectivity index (χ0v) is 12.6. The summed E-state index contributed by atoms with van der Waals surface area (Å²) in [6, 6.07) is 11.3. The fourth-order valence-electron chi connectivity index (χ4n) is 2.48. The van der Waals surface area contributed by atoms with Gasteiger partial charge in [-0.25, -0.2) is 9.37 Å². The molecule has 23 heavy (non-hydrogen) atoms. The third-order valence-corrected chi connectivity index (χ3v) is 4.61. The highest BCUT2D eigenvalue weighted by Gasteiger charge is 2.17. The number of thiazole rings is 1. The molecule has 0 aliphatic rings. The molecule has 0 unspecified atom stereocenters. The summed E-state index contributed by atoms with van der Waals surface area (Å²) in [6.07, 6.45) is 4.90. The van der Waals surface area contributed by atoms with Crippen molar-refractivity contribution in [3.05, 3.63) is 77.2 Å². The number of fused-ring (bicyclic) bond motifs is 1. The maximum Gasteiger partial charge on any atom is 0.258 e. The Morgan fingerprint density at radius 3 is 2.39 bits per heavy atom. The summed E-state index contributed by atoms with van der Waals surface area (Å²) in [7, 11) is 0. The van der Waals surface area contributed by atoms with Gasteiger partial charge < -0.3 is 0 Å². The van der Waals surface area contributed by atoms with Gasteiger partial charge in [-0.3, -0.25) is 14.2 Å². The van der Waals surface area contributed by atoms with Crippen LogP contribution in [0.3, 0.4) is 0 Å². The Hall–Kier alpha value is -2.86. The molecule has 0 N–H and O–H groups in total. The standard InChI is InChI=1S/C17H10FN3OS/c18-13-3-1-11(2-4-13)15-16(12-5-8-19-9-6-12)23-17-20-10-7-14(22)21(15)17/h1-10H. The Kier molecular flexibility index (Phi) is 3.24. The van der Waals surface area contributed by atoms with Crippen molar-refractivity contribution in [2.75, 3.05) is 0 Å². The number of hydrogen-bond acceptors (Lipinski definition) is 4. The van der Waals surface area contributed by atoms with E-state index in [0.717, 1.165) is 16.0 Å². The average Bonchev–Trinajstić information content (AvgIpc) is 2.97. The highest BCUT2D eigenvalue weighted by Crippen LogP contribution is 2.37. The van der Waals surface area contributed by atoms with Crippen LogP contribution in [0.2, 0.25) is 0 Å². The minimum Gasteiger partial charge on any atom is -0.269 e. The van der Waals surface area contributed by atoms with E-state index >= 15 is 0 Å². The first-order valence-corrected chi connectivity index (χ1v) is 7.72. The van der Waals surface area contributed by atoms with E-state index in [9.17, 15) is 9.18 Å². The molecule has 0 saturated heterocycles. The van der Waals surface area contributed by atoms with Gasteiger partial charge in [0.2, 0.25) is 0 Å². The second kappa shape index (κ2) is 5.40. The molecule has 0 aliphatic heterocycles. The maximum atomic E-state index is 13.3. The topological polar surface area (TPSA) is 47.3 Å². The number of rotatable bonds is 2. The van der Waals surface area contributed by atoms with Crippen molar-refractivity contribution in [2.45, 2.75) is 0 Å². The van der Waals surface area contributed by atoms with E-state index in [2.05, 4.69) is 9.97 Å². The predicted molar refractivity (Wildman–Crippen MR) is 88.0 cm³/mol. The summed E-state index contributed by atoms with van der Waals surface area (Å²) in [5, 5.41) is 0. The van der Waals surface area contributed by atoms with Crippen LogP contribution in [0.25, 0.3) is 26.7 Å². The minimum atomic E-state index is -0.316. The van der Waals surface area contributed by atoms with Crippen molar-refractivity contribution in [1.82, 2.24) is 14.4 Å². The summed E-state index contributed by atoms with van der Waals surface area (Å²) >= 11 is 1.42. The van der Waals surface area contributed by atoms with Crippen LogP contribution in [-0.2, 0) is 0 Å². The summed E-state index contributed by atoms with van der Waals surface area (Å²) in [5.74, 6) is -0.316. The lowest BCUT2D eigenvalue weighted by Crippen LogP contribution is -2.12. The molecule has 0 amide bonds. The second-order valence-corrected chi connectivity index (χ2v) is 5.90. The molecule has 0 radical (unpaired) electrons. The summed E-state index contributed by atoms with van der Waals surface area (Å²) in [6.45, 7) is 0. The smallest absolute Gasteiger partial charge is 0.258 e. The van der Waals surface area contributed by atoms with E-state index in [0.29, 0.717) is 10.7 Å².